The number of anilines is 1. The number of halogens is 3. The van der Waals surface area contributed by atoms with Crippen molar-refractivity contribution < 1.29 is 26.8 Å². The zero-order chi connectivity index (χ0) is 23.6. The number of aromatic nitrogens is 1. The van der Waals surface area contributed by atoms with Gasteiger partial charge in [-0.3, -0.25) is 10.1 Å². The number of carbonyl (C=O) groups excluding carboxylic acids is 2. The number of urea groups is 1. The van der Waals surface area contributed by atoms with Gasteiger partial charge in [0.25, 0.3) is 5.91 Å². The van der Waals surface area contributed by atoms with Crippen molar-refractivity contribution in [2.24, 2.45) is 0 Å². The number of hydrogen-bond acceptors (Lipinski definition) is 5. The van der Waals surface area contributed by atoms with E-state index >= 15 is 0 Å². The van der Waals surface area contributed by atoms with Crippen LogP contribution in [0.3, 0.4) is 0 Å². The quantitative estimate of drug-likeness (QED) is 0.576. The third-order valence-corrected chi connectivity index (χ3v) is 6.57. The topological polar surface area (TPSA) is 105 Å². The van der Waals surface area contributed by atoms with Crippen LogP contribution in [0.2, 0.25) is 5.02 Å². The van der Waals surface area contributed by atoms with E-state index in [9.17, 15) is 26.8 Å². The highest BCUT2D eigenvalue weighted by Crippen LogP contribution is 2.27. The molecule has 0 atom stereocenters. The molecule has 0 fully saturated rings. The Kier molecular flexibility index (Phi) is 6.56. The maximum absolute atomic E-state index is 13.7. The van der Waals surface area contributed by atoms with Gasteiger partial charge in [-0.1, -0.05) is 17.7 Å². The zero-order valence-corrected chi connectivity index (χ0v) is 18.3. The molecule has 0 saturated carbocycles. The Labute approximate surface area is 187 Å². The van der Waals surface area contributed by atoms with E-state index in [2.05, 4.69) is 10.3 Å². The van der Waals surface area contributed by atoms with Crippen LogP contribution in [0.15, 0.2) is 58.6 Å². The first kappa shape index (κ1) is 23.3. The van der Waals surface area contributed by atoms with Crippen molar-refractivity contribution in [1.29, 1.82) is 0 Å². The van der Waals surface area contributed by atoms with Gasteiger partial charge in [0, 0.05) is 11.9 Å². The minimum absolute atomic E-state index is 0.0362. The molecule has 166 valence electrons. The molecule has 0 aliphatic heterocycles. The highest BCUT2D eigenvalue weighted by atomic mass is 35.5. The van der Waals surface area contributed by atoms with Gasteiger partial charge in [-0.2, -0.15) is 0 Å². The van der Waals surface area contributed by atoms with Crippen molar-refractivity contribution in [3.05, 3.63) is 82.0 Å². The average Bonchev–Trinajstić information content (AvgIpc) is 2.67. The number of rotatable bonds is 4. The number of amides is 3. The van der Waals surface area contributed by atoms with Gasteiger partial charge in [-0.05, 0) is 61.4 Å². The number of benzene rings is 2. The molecular formula is C21H16ClF2N3O4S. The minimum Gasteiger partial charge on any atom is -0.308 e. The molecule has 0 radical (unpaired) electrons. The van der Waals surface area contributed by atoms with Crippen molar-refractivity contribution >= 4 is 39.1 Å². The first-order chi connectivity index (χ1) is 15.0. The van der Waals surface area contributed by atoms with E-state index < -0.39 is 39.0 Å². The molecule has 0 aliphatic rings. The summed E-state index contributed by atoms with van der Waals surface area (Å²) in [5.41, 5.74) is -0.0737. The summed E-state index contributed by atoms with van der Waals surface area (Å²) < 4.78 is 53.3. The number of imide groups is 1. The Hall–Kier alpha value is -3.37. The second-order valence-electron chi connectivity index (χ2n) is 6.76. The normalized spacial score (nSPS) is 11.2. The van der Waals surface area contributed by atoms with Gasteiger partial charge in [-0.25, -0.2) is 27.0 Å². The molecule has 2 aromatic carbocycles. The lowest BCUT2D eigenvalue weighted by Gasteiger charge is -2.12. The Morgan fingerprint density at radius 3 is 2.25 bits per heavy atom. The number of nitrogens with one attached hydrogen (secondary N) is 2. The molecule has 3 rings (SSSR count). The Bertz CT molecular complexity index is 1330. The summed E-state index contributed by atoms with van der Waals surface area (Å²) in [7, 11) is -3.96. The van der Waals surface area contributed by atoms with Crippen LogP contribution in [0.4, 0.5) is 19.3 Å². The van der Waals surface area contributed by atoms with Crippen molar-refractivity contribution in [2.75, 3.05) is 5.32 Å². The summed E-state index contributed by atoms with van der Waals surface area (Å²) in [5.74, 6) is -3.50. The van der Waals surface area contributed by atoms with E-state index in [0.29, 0.717) is 16.1 Å². The number of pyridine rings is 1. The summed E-state index contributed by atoms with van der Waals surface area (Å²) in [5, 5.41) is 4.28. The molecule has 0 aliphatic carbocycles. The van der Waals surface area contributed by atoms with Gasteiger partial charge in [0.05, 0.1) is 9.92 Å². The molecule has 0 unspecified atom stereocenters. The van der Waals surface area contributed by atoms with Crippen molar-refractivity contribution in [3.8, 4) is 0 Å². The SMILES string of the molecule is Cc1cc(NC(=O)NC(=O)c2c(F)cccc2F)ccc1S(=O)(=O)c1ncc(Cl)cc1C. The van der Waals surface area contributed by atoms with Gasteiger partial charge in [-0.15, -0.1) is 0 Å². The maximum atomic E-state index is 13.7. The molecule has 3 amide bonds. The summed E-state index contributed by atoms with van der Waals surface area (Å²) in [6.07, 6.45) is 1.23. The summed E-state index contributed by atoms with van der Waals surface area (Å²) in [6, 6.07) is 7.22. The van der Waals surface area contributed by atoms with Crippen molar-refractivity contribution in [1.82, 2.24) is 10.3 Å². The second kappa shape index (κ2) is 9.01. The first-order valence-corrected chi connectivity index (χ1v) is 10.9. The monoisotopic (exact) mass is 479 g/mol. The van der Waals surface area contributed by atoms with Gasteiger partial charge in [0.2, 0.25) is 9.84 Å². The molecular weight excluding hydrogens is 464 g/mol. The number of nitrogens with zero attached hydrogens (tertiary/aromatic N) is 1. The molecule has 2 N–H and O–H groups in total. The predicted molar refractivity (Wildman–Crippen MR) is 113 cm³/mol. The summed E-state index contributed by atoms with van der Waals surface area (Å²) >= 11 is 5.84. The van der Waals surface area contributed by atoms with Crippen LogP contribution in [-0.2, 0) is 9.84 Å². The van der Waals surface area contributed by atoms with Gasteiger partial charge < -0.3 is 5.32 Å². The van der Waals surface area contributed by atoms with Crippen LogP contribution in [0.1, 0.15) is 21.5 Å². The second-order valence-corrected chi connectivity index (χ2v) is 9.03. The zero-order valence-electron chi connectivity index (χ0n) is 16.7. The van der Waals surface area contributed by atoms with Crippen LogP contribution in [0, 0.1) is 25.5 Å². The molecule has 32 heavy (non-hydrogen) atoms. The average molecular weight is 480 g/mol. The molecule has 3 aromatic rings. The fourth-order valence-corrected chi connectivity index (χ4v) is 4.81. The number of hydrogen-bond donors (Lipinski definition) is 2. The number of carbonyl (C=O) groups is 2. The molecule has 0 bridgehead atoms. The third-order valence-electron chi connectivity index (χ3n) is 4.39. The van der Waals surface area contributed by atoms with E-state index in [4.69, 9.17) is 11.6 Å². The first-order valence-electron chi connectivity index (χ1n) is 9.05. The fourth-order valence-electron chi connectivity index (χ4n) is 2.98. The van der Waals surface area contributed by atoms with Gasteiger partial charge in [0.15, 0.2) is 5.03 Å². The Morgan fingerprint density at radius 1 is 1.00 bits per heavy atom. The van der Waals surface area contributed by atoms with Crippen LogP contribution in [-0.4, -0.2) is 25.3 Å². The minimum atomic E-state index is -3.96. The standard InChI is InChI=1S/C21H16ClF2N3O4S/c1-11-9-14(26-21(29)27-19(28)18-15(23)4-3-5-16(18)24)6-7-17(11)32(30,31)20-12(2)8-13(22)10-25-20/h3-10H,1-2H3,(H2,26,27,28,29). The lowest BCUT2D eigenvalue weighted by atomic mass is 10.2. The Morgan fingerprint density at radius 2 is 1.66 bits per heavy atom. The summed E-state index contributed by atoms with van der Waals surface area (Å²) in [6.45, 7) is 3.08. The van der Waals surface area contributed by atoms with Crippen molar-refractivity contribution in [2.45, 2.75) is 23.8 Å². The number of sulfone groups is 1. The molecule has 11 heteroatoms. The van der Waals surface area contributed by atoms with Gasteiger partial charge >= 0.3 is 6.03 Å². The van der Waals surface area contributed by atoms with Gasteiger partial charge in [0.1, 0.15) is 17.2 Å². The van der Waals surface area contributed by atoms with E-state index in [1.54, 1.807) is 6.92 Å². The van der Waals surface area contributed by atoms with E-state index in [1.165, 1.54) is 37.4 Å². The summed E-state index contributed by atoms with van der Waals surface area (Å²) in [4.78, 5) is 28.0. The number of aryl methyl sites for hydroxylation is 2. The van der Waals surface area contributed by atoms with Crippen molar-refractivity contribution in [3.63, 3.8) is 0 Å². The largest absolute Gasteiger partial charge is 0.326 e. The van der Waals surface area contributed by atoms with Crippen LogP contribution in [0.25, 0.3) is 0 Å². The molecule has 0 saturated heterocycles. The lowest BCUT2D eigenvalue weighted by molar-refractivity contribution is 0.0959. The maximum Gasteiger partial charge on any atom is 0.326 e. The van der Waals surface area contributed by atoms with E-state index in [-0.39, 0.29) is 15.6 Å². The molecule has 1 aromatic heterocycles. The van der Waals surface area contributed by atoms with Crippen LogP contribution < -0.4 is 10.6 Å². The smallest absolute Gasteiger partial charge is 0.308 e. The highest BCUT2D eigenvalue weighted by molar-refractivity contribution is 7.91. The Balaban J connectivity index is 1.79. The fraction of sp³-hybridized carbons (Fsp3) is 0.0952. The third kappa shape index (κ3) is 4.76. The molecule has 0 spiro atoms. The highest BCUT2D eigenvalue weighted by Gasteiger charge is 2.24. The molecule has 7 nitrogen and oxygen atoms in total. The van der Waals surface area contributed by atoms with Crippen LogP contribution >= 0.6 is 11.6 Å². The van der Waals surface area contributed by atoms with E-state index in [0.717, 1.165) is 18.2 Å². The predicted octanol–water partition coefficient (Wildman–Crippen LogP) is 4.42. The van der Waals surface area contributed by atoms with Crippen LogP contribution in [0.5, 0.6) is 0 Å². The lowest BCUT2D eigenvalue weighted by Crippen LogP contribution is -2.35. The van der Waals surface area contributed by atoms with E-state index in [1.807, 2.05) is 5.32 Å². The molecule has 1 heterocycles.